The first-order valence-corrected chi connectivity index (χ1v) is 8.17. The van der Waals surface area contributed by atoms with Crippen molar-refractivity contribution in [3.63, 3.8) is 0 Å². The molecule has 0 aliphatic rings. The molecule has 2 aromatic heterocycles. The number of rotatable bonds is 6. The van der Waals surface area contributed by atoms with Gasteiger partial charge >= 0.3 is 5.97 Å². The minimum absolute atomic E-state index is 0.217. The van der Waals surface area contributed by atoms with Crippen LogP contribution in [-0.2, 0) is 16.8 Å². The van der Waals surface area contributed by atoms with Gasteiger partial charge in [-0.1, -0.05) is 38.1 Å². The van der Waals surface area contributed by atoms with Gasteiger partial charge in [0, 0.05) is 18.6 Å². The van der Waals surface area contributed by atoms with E-state index in [1.165, 1.54) is 6.20 Å². The van der Waals surface area contributed by atoms with Crippen molar-refractivity contribution in [2.75, 3.05) is 0 Å². The molecule has 0 bridgehead atoms. The molecule has 0 fully saturated rings. The predicted octanol–water partition coefficient (Wildman–Crippen LogP) is 2.34. The van der Waals surface area contributed by atoms with Crippen LogP contribution in [0.2, 0.25) is 0 Å². The van der Waals surface area contributed by atoms with Gasteiger partial charge in [-0.25, -0.2) is 14.3 Å². The first-order valence-electron chi connectivity index (χ1n) is 8.17. The molecule has 0 radical (unpaired) electrons. The quantitative estimate of drug-likeness (QED) is 0.641. The normalized spacial score (nSPS) is 13.5. The molecule has 3 N–H and O–H groups in total. The van der Waals surface area contributed by atoms with Crippen molar-refractivity contribution in [2.45, 2.75) is 32.2 Å². The third-order valence-corrected chi connectivity index (χ3v) is 4.55. The van der Waals surface area contributed by atoms with E-state index >= 15 is 0 Å². The summed E-state index contributed by atoms with van der Waals surface area (Å²) in [6, 6.07) is 7.30. The van der Waals surface area contributed by atoms with Crippen LogP contribution in [0, 0.1) is 0 Å². The molecule has 0 aliphatic carbocycles. The van der Waals surface area contributed by atoms with Gasteiger partial charge < -0.3 is 10.4 Å². The summed E-state index contributed by atoms with van der Waals surface area (Å²) in [6.45, 7) is 3.77. The Morgan fingerprint density at radius 1 is 1.28 bits per heavy atom. The lowest BCUT2D eigenvalue weighted by molar-refractivity contribution is -0.145. The Labute approximate surface area is 144 Å². The lowest BCUT2D eigenvalue weighted by Gasteiger charge is -2.30. The summed E-state index contributed by atoms with van der Waals surface area (Å²) >= 11 is 0. The lowest BCUT2D eigenvalue weighted by atomic mass is 9.86. The largest absolute Gasteiger partial charge is 0.479 e. The molecular formula is C18H20N4O3. The predicted molar refractivity (Wildman–Crippen MR) is 92.4 cm³/mol. The topological polar surface area (TPSA) is 99.5 Å². The molecule has 7 heteroatoms. The Hall–Kier alpha value is -3.09. The Bertz CT molecular complexity index is 910. The number of aryl methyl sites for hydroxylation is 1. The number of aromatic nitrogens is 3. The zero-order valence-corrected chi connectivity index (χ0v) is 14.1. The highest BCUT2D eigenvalue weighted by Crippen LogP contribution is 2.27. The van der Waals surface area contributed by atoms with Crippen molar-refractivity contribution in [2.24, 2.45) is 0 Å². The number of carbonyl (C=O) groups excluding carboxylic acids is 1. The summed E-state index contributed by atoms with van der Waals surface area (Å²) in [6.07, 6.45) is 5.84. The number of aromatic amines is 1. The van der Waals surface area contributed by atoms with E-state index in [0.29, 0.717) is 16.8 Å². The van der Waals surface area contributed by atoms with Gasteiger partial charge in [-0.2, -0.15) is 0 Å². The summed E-state index contributed by atoms with van der Waals surface area (Å²) in [5.74, 6) is -1.58. The Balaban J connectivity index is 1.99. The maximum atomic E-state index is 12.7. The number of carboxylic acids is 1. The van der Waals surface area contributed by atoms with E-state index in [-0.39, 0.29) is 6.42 Å². The summed E-state index contributed by atoms with van der Waals surface area (Å²) < 4.78 is 1.60. The summed E-state index contributed by atoms with van der Waals surface area (Å²) in [5, 5.41) is 15.5. The maximum Gasteiger partial charge on any atom is 0.334 e. The van der Waals surface area contributed by atoms with Gasteiger partial charge in [0.1, 0.15) is 5.56 Å². The van der Waals surface area contributed by atoms with Gasteiger partial charge in [0.05, 0.1) is 0 Å². The van der Waals surface area contributed by atoms with Crippen molar-refractivity contribution in [1.29, 1.82) is 0 Å². The highest BCUT2D eigenvalue weighted by atomic mass is 16.4. The molecule has 1 aromatic carbocycles. The number of nitrogens with one attached hydrogen (secondary N) is 2. The van der Waals surface area contributed by atoms with Crippen molar-refractivity contribution in [1.82, 2.24) is 19.9 Å². The summed E-state index contributed by atoms with van der Waals surface area (Å²) in [7, 11) is 0. The summed E-state index contributed by atoms with van der Waals surface area (Å²) in [4.78, 5) is 28.9. The molecule has 0 saturated heterocycles. The first kappa shape index (κ1) is 16.8. The van der Waals surface area contributed by atoms with Crippen molar-refractivity contribution < 1.29 is 14.7 Å². The van der Waals surface area contributed by atoms with E-state index in [2.05, 4.69) is 15.4 Å². The third kappa shape index (κ3) is 2.77. The van der Waals surface area contributed by atoms with Crippen LogP contribution in [0.1, 0.15) is 41.8 Å². The fourth-order valence-electron chi connectivity index (χ4n) is 2.95. The second-order valence-electron chi connectivity index (χ2n) is 5.88. The molecule has 7 nitrogen and oxygen atoms in total. The zero-order chi connectivity index (χ0) is 18.0. The van der Waals surface area contributed by atoms with Gasteiger partial charge in [0.15, 0.2) is 11.2 Å². The van der Waals surface area contributed by atoms with Crippen LogP contribution in [0.25, 0.3) is 5.65 Å². The van der Waals surface area contributed by atoms with Crippen LogP contribution in [0.4, 0.5) is 0 Å². The number of nitrogens with zero attached hydrogens (tertiary/aromatic N) is 2. The standard InChI is InChI=1S/C18H20N4O3/c1-3-12-5-7-13(8-6-12)18(4-2,17(24)25)21-16(23)14-11-20-22-10-9-19-15(14)22/h5-11,20H,3-4H2,1-2H3,(H,21,23)(H,24,25). The van der Waals surface area contributed by atoms with Gasteiger partial charge in [0.2, 0.25) is 0 Å². The molecule has 130 valence electrons. The molecule has 0 saturated carbocycles. The van der Waals surface area contributed by atoms with E-state index in [4.69, 9.17) is 0 Å². The van der Waals surface area contributed by atoms with Crippen molar-refractivity contribution >= 4 is 17.5 Å². The maximum absolute atomic E-state index is 12.7. The molecule has 0 aliphatic heterocycles. The smallest absolute Gasteiger partial charge is 0.334 e. The number of benzene rings is 1. The molecule has 25 heavy (non-hydrogen) atoms. The first-order chi connectivity index (χ1) is 12.0. The molecule has 1 amide bonds. The summed E-state index contributed by atoms with van der Waals surface area (Å²) in [5.41, 5.74) is 0.908. The van der Waals surface area contributed by atoms with Crippen molar-refractivity contribution in [3.8, 4) is 0 Å². The van der Waals surface area contributed by atoms with Crippen molar-refractivity contribution in [3.05, 3.63) is 59.5 Å². The van der Waals surface area contributed by atoms with Crippen LogP contribution in [0.3, 0.4) is 0 Å². The highest BCUT2D eigenvalue weighted by molar-refractivity contribution is 6.02. The fourth-order valence-corrected chi connectivity index (χ4v) is 2.95. The van der Waals surface area contributed by atoms with E-state index in [0.717, 1.165) is 12.0 Å². The number of aliphatic carboxylic acids is 1. The molecular weight excluding hydrogens is 320 g/mol. The minimum Gasteiger partial charge on any atom is -0.479 e. The highest BCUT2D eigenvalue weighted by Gasteiger charge is 2.41. The van der Waals surface area contributed by atoms with Crippen LogP contribution in [0.15, 0.2) is 42.9 Å². The van der Waals surface area contributed by atoms with Gasteiger partial charge in [-0.05, 0) is 24.0 Å². The van der Waals surface area contributed by atoms with E-state index < -0.39 is 17.4 Å². The van der Waals surface area contributed by atoms with E-state index in [1.54, 1.807) is 36.0 Å². The number of hydrogen-bond donors (Lipinski definition) is 3. The number of hydrogen-bond acceptors (Lipinski definition) is 3. The Kier molecular flexibility index (Phi) is 4.31. The third-order valence-electron chi connectivity index (χ3n) is 4.55. The van der Waals surface area contributed by atoms with Crippen LogP contribution >= 0.6 is 0 Å². The number of imidazole rings is 1. The monoisotopic (exact) mass is 340 g/mol. The number of carboxylic acid groups (broad SMARTS) is 1. The zero-order valence-electron chi connectivity index (χ0n) is 14.1. The SMILES string of the molecule is CCc1ccc(C(CC)(NC(=O)c2c[nH]n3ccnc23)C(=O)O)cc1. The van der Waals surface area contributed by atoms with Gasteiger partial charge in [0.25, 0.3) is 5.91 Å². The molecule has 3 rings (SSSR count). The average Bonchev–Trinajstić information content (AvgIpc) is 3.23. The second kappa shape index (κ2) is 6.43. The lowest BCUT2D eigenvalue weighted by Crippen LogP contribution is -2.51. The van der Waals surface area contributed by atoms with Gasteiger partial charge in [-0.15, -0.1) is 0 Å². The molecule has 3 aromatic rings. The molecule has 0 spiro atoms. The Morgan fingerprint density at radius 3 is 2.60 bits per heavy atom. The fraction of sp³-hybridized carbons (Fsp3) is 0.278. The molecule has 2 heterocycles. The van der Waals surface area contributed by atoms with Crippen LogP contribution in [-0.4, -0.2) is 31.6 Å². The number of fused-ring (bicyclic) bond motifs is 1. The molecule has 1 atom stereocenters. The molecule has 1 unspecified atom stereocenters. The van der Waals surface area contributed by atoms with E-state index in [9.17, 15) is 14.7 Å². The van der Waals surface area contributed by atoms with Crippen LogP contribution in [0.5, 0.6) is 0 Å². The Morgan fingerprint density at radius 2 is 2.00 bits per heavy atom. The van der Waals surface area contributed by atoms with Crippen LogP contribution < -0.4 is 5.32 Å². The number of H-pyrrole nitrogens is 1. The van der Waals surface area contributed by atoms with Gasteiger partial charge in [-0.3, -0.25) is 9.89 Å². The number of carbonyl (C=O) groups is 2. The van der Waals surface area contributed by atoms with E-state index in [1.807, 2.05) is 19.1 Å². The minimum atomic E-state index is -1.50. The second-order valence-corrected chi connectivity index (χ2v) is 5.88. The average molecular weight is 340 g/mol. The number of amides is 1.